The fourth-order valence-corrected chi connectivity index (χ4v) is 0.759. The van der Waals surface area contributed by atoms with E-state index in [1.54, 1.807) is 24.8 Å². The molecule has 2 rings (SSSR count). The largest absolute Gasteiger partial charge is 0.443 e. The molecule has 0 aliphatic rings. The van der Waals surface area contributed by atoms with Crippen LogP contribution in [0.3, 0.4) is 0 Å². The Hall–Kier alpha value is -1.71. The Bertz CT molecular complexity index is 317. The molecule has 0 unspecified atom stereocenters. The molecule has 0 aromatic carbocycles. The summed E-state index contributed by atoms with van der Waals surface area (Å²) in [7, 11) is 0. The van der Waals surface area contributed by atoms with Crippen molar-refractivity contribution < 1.29 is 4.42 Å². The molecule has 0 aliphatic heterocycles. The summed E-state index contributed by atoms with van der Waals surface area (Å²) in [6, 6.07) is 0. The first-order valence-corrected chi connectivity index (χ1v) is 3.13. The smallest absolute Gasteiger partial charge is 0.246 e. The van der Waals surface area contributed by atoms with Crippen molar-refractivity contribution in [3.05, 3.63) is 31.1 Å². The topological polar surface area (TPSA) is 51.8 Å². The Morgan fingerprint density at radius 1 is 1.09 bits per heavy atom. The van der Waals surface area contributed by atoms with E-state index in [-0.39, 0.29) is 0 Å². The molecule has 4 heteroatoms. The van der Waals surface area contributed by atoms with E-state index in [4.69, 9.17) is 4.42 Å². The fourth-order valence-electron chi connectivity index (χ4n) is 0.759. The minimum absolute atomic E-state index is 0.498. The van der Waals surface area contributed by atoms with E-state index < -0.39 is 0 Å². The highest BCUT2D eigenvalue weighted by atomic mass is 16.3. The Labute approximate surface area is 62.9 Å². The molecule has 4 nitrogen and oxygen atoms in total. The molecule has 11 heavy (non-hydrogen) atoms. The average molecular weight is 147 g/mol. The molecule has 0 radical (unpaired) electrons. The number of hydrogen-bond donors (Lipinski definition) is 0. The zero-order chi connectivity index (χ0) is 7.52. The highest BCUT2D eigenvalue weighted by molar-refractivity contribution is 5.43. The van der Waals surface area contributed by atoms with E-state index in [2.05, 4.69) is 15.0 Å². The van der Waals surface area contributed by atoms with Gasteiger partial charge in [0.05, 0.1) is 12.4 Å². The van der Waals surface area contributed by atoms with E-state index in [9.17, 15) is 0 Å². The summed E-state index contributed by atoms with van der Waals surface area (Å²) in [5.74, 6) is 0.498. The summed E-state index contributed by atoms with van der Waals surface area (Å²) in [6.07, 6.45) is 7.88. The maximum Gasteiger partial charge on any atom is 0.246 e. The lowest BCUT2D eigenvalue weighted by Gasteiger charge is -1.89. The van der Waals surface area contributed by atoms with E-state index >= 15 is 0 Å². The molecular formula is C7H5N3O. The zero-order valence-corrected chi connectivity index (χ0v) is 5.64. The van der Waals surface area contributed by atoms with E-state index in [1.165, 1.54) is 6.26 Å². The van der Waals surface area contributed by atoms with Gasteiger partial charge in [0.15, 0.2) is 0 Å². The molecule has 0 atom stereocenters. The van der Waals surface area contributed by atoms with Gasteiger partial charge >= 0.3 is 0 Å². The standard InChI is InChI=1S/C7H5N3O/c1-2-9-6(5-8-1)7-10-3-4-11-7/h1-5H. The number of nitrogens with zero attached hydrogens (tertiary/aromatic N) is 3. The Morgan fingerprint density at radius 3 is 2.73 bits per heavy atom. The highest BCUT2D eigenvalue weighted by Gasteiger charge is 2.00. The van der Waals surface area contributed by atoms with Gasteiger partial charge in [0.1, 0.15) is 12.0 Å². The third-order valence-corrected chi connectivity index (χ3v) is 1.21. The lowest BCUT2D eigenvalue weighted by atomic mass is 10.4. The van der Waals surface area contributed by atoms with Crippen molar-refractivity contribution in [3.63, 3.8) is 0 Å². The first kappa shape index (κ1) is 6.03. The van der Waals surface area contributed by atoms with Crippen molar-refractivity contribution >= 4 is 0 Å². The molecule has 54 valence electrons. The van der Waals surface area contributed by atoms with Crippen LogP contribution in [0.2, 0.25) is 0 Å². The van der Waals surface area contributed by atoms with E-state index in [1.807, 2.05) is 0 Å². The van der Waals surface area contributed by atoms with Gasteiger partial charge in [0.2, 0.25) is 5.89 Å². The van der Waals surface area contributed by atoms with Crippen LogP contribution in [0.4, 0.5) is 0 Å². The van der Waals surface area contributed by atoms with Crippen LogP contribution in [0.15, 0.2) is 35.5 Å². The molecule has 0 N–H and O–H groups in total. The first-order valence-electron chi connectivity index (χ1n) is 3.13. The van der Waals surface area contributed by atoms with Gasteiger partial charge in [-0.15, -0.1) is 0 Å². The van der Waals surface area contributed by atoms with Crippen LogP contribution in [0.25, 0.3) is 11.6 Å². The summed E-state index contributed by atoms with van der Waals surface area (Å²) < 4.78 is 5.01. The minimum atomic E-state index is 0.498. The summed E-state index contributed by atoms with van der Waals surface area (Å²) >= 11 is 0. The number of aromatic nitrogens is 3. The van der Waals surface area contributed by atoms with Crippen molar-refractivity contribution in [1.82, 2.24) is 15.0 Å². The number of oxazole rings is 1. The summed E-state index contributed by atoms with van der Waals surface area (Å²) in [5, 5.41) is 0. The van der Waals surface area contributed by atoms with Crippen LogP contribution in [0.5, 0.6) is 0 Å². The second kappa shape index (κ2) is 2.49. The van der Waals surface area contributed by atoms with Crippen molar-refractivity contribution in [2.75, 3.05) is 0 Å². The summed E-state index contributed by atoms with van der Waals surface area (Å²) in [4.78, 5) is 11.8. The van der Waals surface area contributed by atoms with Gasteiger partial charge < -0.3 is 4.42 Å². The van der Waals surface area contributed by atoms with Crippen LogP contribution in [-0.2, 0) is 0 Å². The lowest BCUT2D eigenvalue weighted by molar-refractivity contribution is 0.571. The maximum absolute atomic E-state index is 5.01. The monoisotopic (exact) mass is 147 g/mol. The van der Waals surface area contributed by atoms with Crippen LogP contribution >= 0.6 is 0 Å². The lowest BCUT2D eigenvalue weighted by Crippen LogP contribution is -1.82. The zero-order valence-electron chi connectivity index (χ0n) is 5.64. The molecule has 0 amide bonds. The van der Waals surface area contributed by atoms with Crippen LogP contribution in [0.1, 0.15) is 0 Å². The quantitative estimate of drug-likeness (QED) is 0.606. The van der Waals surface area contributed by atoms with Gasteiger partial charge in [-0.2, -0.15) is 0 Å². The molecule has 0 saturated carbocycles. The van der Waals surface area contributed by atoms with Crippen LogP contribution < -0.4 is 0 Å². The second-order valence-electron chi connectivity index (χ2n) is 1.93. The normalized spacial score (nSPS) is 9.82. The van der Waals surface area contributed by atoms with Crippen LogP contribution in [-0.4, -0.2) is 15.0 Å². The van der Waals surface area contributed by atoms with E-state index in [0.29, 0.717) is 11.6 Å². The minimum Gasteiger partial charge on any atom is -0.443 e. The molecule has 0 spiro atoms. The maximum atomic E-state index is 5.01. The van der Waals surface area contributed by atoms with Gasteiger partial charge in [0.25, 0.3) is 0 Å². The predicted molar refractivity (Wildman–Crippen MR) is 37.5 cm³/mol. The number of rotatable bonds is 1. The number of hydrogen-bond acceptors (Lipinski definition) is 4. The summed E-state index contributed by atoms with van der Waals surface area (Å²) in [6.45, 7) is 0. The van der Waals surface area contributed by atoms with Gasteiger partial charge in [-0.05, 0) is 0 Å². The van der Waals surface area contributed by atoms with Crippen molar-refractivity contribution in [1.29, 1.82) is 0 Å². The molecule has 0 fully saturated rings. The Morgan fingerprint density at radius 2 is 2.09 bits per heavy atom. The van der Waals surface area contributed by atoms with Crippen molar-refractivity contribution in [2.45, 2.75) is 0 Å². The highest BCUT2D eigenvalue weighted by Crippen LogP contribution is 2.10. The molecule has 2 aromatic heterocycles. The van der Waals surface area contributed by atoms with E-state index in [0.717, 1.165) is 0 Å². The molecular weight excluding hydrogens is 142 g/mol. The van der Waals surface area contributed by atoms with Crippen molar-refractivity contribution in [3.8, 4) is 11.6 Å². The van der Waals surface area contributed by atoms with Gasteiger partial charge in [-0.1, -0.05) is 0 Å². The summed E-state index contributed by atoms with van der Waals surface area (Å²) in [5.41, 5.74) is 0.650. The molecule has 2 heterocycles. The molecule has 0 bridgehead atoms. The SMILES string of the molecule is c1cnc(-c2ncco2)cn1. The predicted octanol–water partition coefficient (Wildman–Crippen LogP) is 1.13. The second-order valence-corrected chi connectivity index (χ2v) is 1.93. The third-order valence-electron chi connectivity index (χ3n) is 1.21. The first-order chi connectivity index (χ1) is 5.47. The molecule has 2 aromatic rings. The third kappa shape index (κ3) is 1.10. The van der Waals surface area contributed by atoms with Gasteiger partial charge in [-0.25, -0.2) is 9.97 Å². The Balaban J connectivity index is 2.46. The van der Waals surface area contributed by atoms with Gasteiger partial charge in [0, 0.05) is 12.4 Å². The molecule has 0 aliphatic carbocycles. The fraction of sp³-hybridized carbons (Fsp3) is 0. The molecule has 0 saturated heterocycles. The Kier molecular flexibility index (Phi) is 1.37. The van der Waals surface area contributed by atoms with Crippen molar-refractivity contribution in [2.24, 2.45) is 0 Å². The van der Waals surface area contributed by atoms with Crippen LogP contribution in [0, 0.1) is 0 Å². The average Bonchev–Trinajstić information content (AvgIpc) is 2.58. The van der Waals surface area contributed by atoms with Gasteiger partial charge in [-0.3, -0.25) is 4.98 Å².